The Hall–Kier alpha value is -1.55. The van der Waals surface area contributed by atoms with E-state index in [2.05, 4.69) is 93.6 Å². The van der Waals surface area contributed by atoms with Crippen LogP contribution in [-0.4, -0.2) is 15.4 Å². The first-order valence-corrected chi connectivity index (χ1v) is 11.7. The minimum absolute atomic E-state index is 0.560. The number of hydrogen-bond acceptors (Lipinski definition) is 2. The van der Waals surface area contributed by atoms with Gasteiger partial charge in [0.05, 0.1) is 0 Å². The number of aryl methyl sites for hydroxylation is 3. The van der Waals surface area contributed by atoms with E-state index in [1.807, 2.05) is 34.9 Å². The van der Waals surface area contributed by atoms with Crippen molar-refractivity contribution in [2.75, 3.05) is 0 Å². The Balaban J connectivity index is 1.56. The molecule has 0 aliphatic heterocycles. The van der Waals surface area contributed by atoms with Crippen molar-refractivity contribution in [1.29, 1.82) is 0 Å². The van der Waals surface area contributed by atoms with Crippen molar-refractivity contribution in [1.82, 2.24) is 0 Å². The number of hydrogen-bond donors (Lipinski definition) is 0. The summed E-state index contributed by atoms with van der Waals surface area (Å²) in [5.41, 5.74) is 3.95. The molecule has 1 fully saturated rings. The zero-order chi connectivity index (χ0) is 18.8. The first-order chi connectivity index (χ1) is 13.1. The molecule has 3 aromatic rings. The molecule has 1 aliphatic rings. The Morgan fingerprint density at radius 1 is 0.556 bits per heavy atom. The molecule has 2 atom stereocenters. The van der Waals surface area contributed by atoms with Crippen LogP contribution in [-0.2, 0) is 11.4 Å². The van der Waals surface area contributed by atoms with Gasteiger partial charge in [-0.1, -0.05) is 53.1 Å². The molecule has 2 unspecified atom stereocenters. The van der Waals surface area contributed by atoms with Gasteiger partial charge in [-0.15, -0.1) is 23.5 Å². The van der Waals surface area contributed by atoms with Crippen LogP contribution in [0.2, 0.25) is 0 Å². The standard InChI is InChI=1S/C24H23S3/c1-16-4-10-19(11-5-16)25-22-23(26-20-12-6-17(2)7-13-20)24(22)27-21-14-8-18(3)9-15-21/h4-15,22-23H,1-3H3/q+1. The number of benzene rings is 3. The lowest BCUT2D eigenvalue weighted by Crippen LogP contribution is -1.84. The maximum atomic E-state index is 2.25. The fourth-order valence-electron chi connectivity index (χ4n) is 2.82. The summed E-state index contributed by atoms with van der Waals surface area (Å²) in [5, 5.41) is 1.12. The highest BCUT2D eigenvalue weighted by Crippen LogP contribution is 2.47. The predicted octanol–water partition coefficient (Wildman–Crippen LogP) is 6.56. The van der Waals surface area contributed by atoms with E-state index in [4.69, 9.17) is 0 Å². The Morgan fingerprint density at radius 3 is 1.33 bits per heavy atom. The van der Waals surface area contributed by atoms with Crippen molar-refractivity contribution in [3.8, 4) is 0 Å². The molecule has 136 valence electrons. The monoisotopic (exact) mass is 407 g/mol. The van der Waals surface area contributed by atoms with Crippen LogP contribution in [0.15, 0.2) is 87.5 Å². The van der Waals surface area contributed by atoms with Crippen LogP contribution in [0.5, 0.6) is 0 Å². The average Bonchev–Trinajstić information content (AvgIpc) is 3.30. The first kappa shape index (κ1) is 18.8. The second-order valence-corrected chi connectivity index (χ2v) is 10.6. The van der Waals surface area contributed by atoms with E-state index >= 15 is 0 Å². The molecule has 0 spiro atoms. The Bertz CT molecular complexity index is 883. The summed E-state index contributed by atoms with van der Waals surface area (Å²) in [6.07, 6.45) is 0. The van der Waals surface area contributed by atoms with E-state index < -0.39 is 0 Å². The van der Waals surface area contributed by atoms with Crippen LogP contribution < -0.4 is 0 Å². The second-order valence-electron chi connectivity index (χ2n) is 7.02. The molecule has 0 heterocycles. The lowest BCUT2D eigenvalue weighted by atomic mass is 10.2. The van der Waals surface area contributed by atoms with Crippen LogP contribution in [0.4, 0.5) is 0 Å². The topological polar surface area (TPSA) is 0 Å². The van der Waals surface area contributed by atoms with E-state index in [-0.39, 0.29) is 0 Å². The lowest BCUT2D eigenvalue weighted by molar-refractivity contribution is 1.35. The van der Waals surface area contributed by atoms with Crippen molar-refractivity contribution < 1.29 is 0 Å². The van der Waals surface area contributed by atoms with Crippen molar-refractivity contribution >= 4 is 39.7 Å². The van der Waals surface area contributed by atoms with Crippen LogP contribution in [0, 0.1) is 20.8 Å². The Kier molecular flexibility index (Phi) is 5.72. The highest BCUT2D eigenvalue weighted by Gasteiger charge is 2.55. The van der Waals surface area contributed by atoms with Crippen LogP contribution >= 0.6 is 23.5 Å². The molecule has 3 aromatic carbocycles. The average molecular weight is 408 g/mol. The van der Waals surface area contributed by atoms with Gasteiger partial charge < -0.3 is 0 Å². The van der Waals surface area contributed by atoms with E-state index in [9.17, 15) is 0 Å². The third-order valence-corrected chi connectivity index (χ3v) is 8.92. The van der Waals surface area contributed by atoms with Gasteiger partial charge in [0.15, 0.2) is 0 Å². The second kappa shape index (κ2) is 8.22. The van der Waals surface area contributed by atoms with Gasteiger partial charge in [-0.2, -0.15) is 0 Å². The number of thioether (sulfide) groups is 2. The van der Waals surface area contributed by atoms with Crippen LogP contribution in [0.1, 0.15) is 16.7 Å². The van der Waals surface area contributed by atoms with E-state index in [0.29, 0.717) is 10.5 Å². The highest BCUT2D eigenvalue weighted by molar-refractivity contribution is 8.08. The maximum Gasteiger partial charge on any atom is 0.230 e. The molecular formula is C24H23S3+. The third-order valence-electron chi connectivity index (χ3n) is 4.55. The fraction of sp³-hybridized carbons (Fsp3) is 0.208. The van der Waals surface area contributed by atoms with Gasteiger partial charge in [-0.05, 0) is 45.0 Å². The van der Waals surface area contributed by atoms with E-state index in [1.54, 1.807) is 4.86 Å². The molecule has 4 rings (SSSR count). The Labute approximate surface area is 174 Å². The van der Waals surface area contributed by atoms with Crippen molar-refractivity contribution in [2.45, 2.75) is 46.0 Å². The summed E-state index contributed by atoms with van der Waals surface area (Å²) < 4.78 is 0. The zero-order valence-electron chi connectivity index (χ0n) is 15.8. The molecule has 0 saturated heterocycles. The minimum Gasteiger partial charge on any atom is -0.111 e. The van der Waals surface area contributed by atoms with E-state index in [0.717, 1.165) is 0 Å². The third kappa shape index (κ3) is 4.84. The summed E-state index contributed by atoms with van der Waals surface area (Å²) in [7, 11) is 0. The minimum atomic E-state index is 0.560. The summed E-state index contributed by atoms with van der Waals surface area (Å²) in [5.74, 6) is 0. The molecule has 1 saturated carbocycles. The van der Waals surface area contributed by atoms with E-state index in [1.165, 1.54) is 31.4 Å². The zero-order valence-corrected chi connectivity index (χ0v) is 18.3. The van der Waals surface area contributed by atoms with Gasteiger partial charge in [0.1, 0.15) is 10.5 Å². The molecule has 0 radical (unpaired) electrons. The quantitative estimate of drug-likeness (QED) is 0.347. The van der Waals surface area contributed by atoms with Gasteiger partial charge in [0.2, 0.25) is 21.1 Å². The SMILES string of the molecule is Cc1ccc(SC2C(=[S+]c3ccc(C)cc3)C2Sc2ccc(C)cc2)cc1. The van der Waals surface area contributed by atoms with Gasteiger partial charge in [-0.25, -0.2) is 0 Å². The summed E-state index contributed by atoms with van der Waals surface area (Å²) in [6.45, 7) is 6.43. The molecule has 0 bridgehead atoms. The largest absolute Gasteiger partial charge is 0.230 e. The van der Waals surface area contributed by atoms with Gasteiger partial charge in [-0.3, -0.25) is 0 Å². The lowest BCUT2D eigenvalue weighted by Gasteiger charge is -2.01. The molecule has 0 amide bonds. The van der Waals surface area contributed by atoms with Crippen molar-refractivity contribution in [3.05, 3.63) is 89.5 Å². The summed E-state index contributed by atoms with van der Waals surface area (Å²) in [6, 6.07) is 26.7. The first-order valence-electron chi connectivity index (χ1n) is 9.16. The molecule has 3 heteroatoms. The predicted molar refractivity (Wildman–Crippen MR) is 123 cm³/mol. The molecular weight excluding hydrogens is 384 g/mol. The summed E-state index contributed by atoms with van der Waals surface area (Å²) >= 11 is 5.96. The normalized spacial score (nSPS) is 18.4. The molecule has 0 nitrogen and oxygen atoms in total. The van der Waals surface area contributed by atoms with Crippen LogP contribution in [0.25, 0.3) is 0 Å². The van der Waals surface area contributed by atoms with Gasteiger partial charge in [0.25, 0.3) is 0 Å². The maximum absolute atomic E-state index is 2.25. The summed E-state index contributed by atoms with van der Waals surface area (Å²) in [4.78, 5) is 5.64. The van der Waals surface area contributed by atoms with Crippen LogP contribution in [0.3, 0.4) is 0 Å². The molecule has 0 N–H and O–H groups in total. The molecule has 27 heavy (non-hydrogen) atoms. The molecule has 0 aromatic heterocycles. The van der Waals surface area contributed by atoms with Crippen molar-refractivity contribution in [2.24, 2.45) is 0 Å². The van der Waals surface area contributed by atoms with Gasteiger partial charge in [0, 0.05) is 21.9 Å². The highest BCUT2D eigenvalue weighted by atomic mass is 32.2. The Morgan fingerprint density at radius 2 is 0.926 bits per heavy atom. The number of rotatable bonds is 5. The van der Waals surface area contributed by atoms with Gasteiger partial charge >= 0.3 is 0 Å². The van der Waals surface area contributed by atoms with Crippen molar-refractivity contribution in [3.63, 3.8) is 0 Å². The molecule has 1 aliphatic carbocycles. The fourth-order valence-corrected chi connectivity index (χ4v) is 7.05. The smallest absolute Gasteiger partial charge is 0.111 e.